The molecule has 3 rings (SSSR count). The van der Waals surface area contributed by atoms with Crippen molar-refractivity contribution in [2.75, 3.05) is 4.72 Å². The third-order valence-electron chi connectivity index (χ3n) is 3.06. The Kier molecular flexibility index (Phi) is 3.95. The quantitative estimate of drug-likeness (QED) is 0.779. The third-order valence-corrected chi connectivity index (χ3v) is 6.00. The van der Waals surface area contributed by atoms with E-state index in [1.54, 1.807) is 25.1 Å². The summed E-state index contributed by atoms with van der Waals surface area (Å²) in [7, 11) is -3.65. The molecule has 0 bridgehead atoms. The van der Waals surface area contributed by atoms with Crippen LogP contribution in [0.5, 0.6) is 0 Å². The van der Waals surface area contributed by atoms with Gasteiger partial charge in [0.25, 0.3) is 15.9 Å². The molecule has 0 aliphatic heterocycles. The zero-order valence-corrected chi connectivity index (χ0v) is 14.5. The summed E-state index contributed by atoms with van der Waals surface area (Å²) < 4.78 is 33.1. The number of nitrogens with zero attached hydrogens (tertiary/aromatic N) is 2. The van der Waals surface area contributed by atoms with Crippen molar-refractivity contribution in [3.63, 3.8) is 0 Å². The molecule has 0 saturated heterocycles. The second-order valence-electron chi connectivity index (χ2n) is 5.23. The van der Waals surface area contributed by atoms with E-state index in [0.717, 1.165) is 22.5 Å². The molecule has 0 spiro atoms. The molecule has 0 saturated carbocycles. The lowest BCUT2D eigenvalue weighted by Crippen LogP contribution is -2.11. The molecule has 23 heavy (non-hydrogen) atoms. The highest BCUT2D eigenvalue weighted by Gasteiger charge is 2.19. The smallest absolute Gasteiger partial charge is 0.271 e. The predicted molar refractivity (Wildman–Crippen MR) is 89.1 cm³/mol. The van der Waals surface area contributed by atoms with E-state index in [1.807, 2.05) is 19.9 Å². The summed E-state index contributed by atoms with van der Waals surface area (Å²) >= 11 is 1.09. The zero-order chi connectivity index (χ0) is 16.6. The van der Waals surface area contributed by atoms with Crippen LogP contribution in [0.1, 0.15) is 17.0 Å². The van der Waals surface area contributed by atoms with Crippen LogP contribution in [0.2, 0.25) is 0 Å². The van der Waals surface area contributed by atoms with Crippen molar-refractivity contribution >= 4 is 27.0 Å². The Morgan fingerprint density at radius 2 is 1.74 bits per heavy atom. The van der Waals surface area contributed by atoms with Crippen molar-refractivity contribution in [2.24, 2.45) is 0 Å². The molecule has 0 atom stereocenters. The van der Waals surface area contributed by atoms with Crippen LogP contribution in [-0.4, -0.2) is 18.6 Å². The van der Waals surface area contributed by atoms with Crippen molar-refractivity contribution in [2.45, 2.75) is 25.0 Å². The molecule has 8 heteroatoms. The maximum absolute atomic E-state index is 12.5. The number of benzene rings is 1. The highest BCUT2D eigenvalue weighted by molar-refractivity contribution is 7.94. The fraction of sp³-hybridized carbons (Fsp3) is 0.200. The van der Waals surface area contributed by atoms with Crippen LogP contribution in [0.3, 0.4) is 0 Å². The molecular formula is C15H15N3O3S2. The molecule has 0 amide bonds. The molecule has 0 fully saturated rings. The average molecular weight is 349 g/mol. The fourth-order valence-electron chi connectivity index (χ4n) is 2.21. The Labute approximate surface area is 138 Å². The summed E-state index contributed by atoms with van der Waals surface area (Å²) in [6.45, 7) is 5.53. The topological polar surface area (TPSA) is 85.1 Å². The van der Waals surface area contributed by atoms with Crippen LogP contribution in [0, 0.1) is 20.8 Å². The SMILES string of the molecule is Cc1cc(C)cc(NS(=O)(=O)c2ccc(-c3nnc(C)o3)s2)c1. The molecular weight excluding hydrogens is 334 g/mol. The number of nitrogens with one attached hydrogen (secondary N) is 1. The van der Waals surface area contributed by atoms with E-state index in [-0.39, 0.29) is 4.21 Å². The standard InChI is InChI=1S/C15H15N3O3S2/c1-9-6-10(2)8-12(7-9)18-23(19,20)14-5-4-13(22-14)15-17-16-11(3)21-15/h4-8,18H,1-3H3. The van der Waals surface area contributed by atoms with Crippen LogP contribution in [0.4, 0.5) is 5.69 Å². The third kappa shape index (κ3) is 3.43. The van der Waals surface area contributed by atoms with Gasteiger partial charge in [0, 0.05) is 12.6 Å². The van der Waals surface area contributed by atoms with E-state index in [1.165, 1.54) is 6.07 Å². The first-order valence-corrected chi connectivity index (χ1v) is 9.15. The molecule has 2 heterocycles. The summed E-state index contributed by atoms with van der Waals surface area (Å²) in [6.07, 6.45) is 0. The minimum Gasteiger partial charge on any atom is -0.420 e. The molecule has 0 unspecified atom stereocenters. The Bertz CT molecular complexity index is 938. The van der Waals surface area contributed by atoms with Crippen molar-refractivity contribution in [3.05, 3.63) is 47.3 Å². The molecule has 1 N–H and O–H groups in total. The number of hydrogen-bond acceptors (Lipinski definition) is 6. The van der Waals surface area contributed by atoms with Gasteiger partial charge in [0.1, 0.15) is 4.21 Å². The number of aryl methyl sites for hydroxylation is 3. The minimum atomic E-state index is -3.65. The van der Waals surface area contributed by atoms with E-state index < -0.39 is 10.0 Å². The maximum Gasteiger partial charge on any atom is 0.271 e. The Hall–Kier alpha value is -2.19. The molecule has 1 aromatic carbocycles. The van der Waals surface area contributed by atoms with Crippen LogP contribution in [-0.2, 0) is 10.0 Å². The van der Waals surface area contributed by atoms with Crippen LogP contribution in [0.25, 0.3) is 10.8 Å². The van der Waals surface area contributed by atoms with Crippen molar-refractivity contribution in [1.29, 1.82) is 0 Å². The molecule has 120 valence electrons. The summed E-state index contributed by atoms with van der Waals surface area (Å²) in [4.78, 5) is 0.617. The Morgan fingerprint density at radius 1 is 1.04 bits per heavy atom. The van der Waals surface area contributed by atoms with E-state index >= 15 is 0 Å². The summed E-state index contributed by atoms with van der Waals surface area (Å²) in [5, 5.41) is 7.64. The first-order chi connectivity index (χ1) is 10.8. The monoisotopic (exact) mass is 349 g/mol. The van der Waals surface area contributed by atoms with Crippen LogP contribution < -0.4 is 4.72 Å². The lowest BCUT2D eigenvalue weighted by molar-refractivity contribution is 0.534. The highest BCUT2D eigenvalue weighted by atomic mass is 32.2. The van der Waals surface area contributed by atoms with Gasteiger partial charge >= 0.3 is 0 Å². The van der Waals surface area contributed by atoms with Gasteiger partial charge in [0.2, 0.25) is 5.89 Å². The molecule has 0 aliphatic carbocycles. The van der Waals surface area contributed by atoms with Gasteiger partial charge in [-0.3, -0.25) is 4.72 Å². The van der Waals surface area contributed by atoms with Gasteiger partial charge < -0.3 is 4.42 Å². The van der Waals surface area contributed by atoms with Crippen molar-refractivity contribution in [3.8, 4) is 10.8 Å². The lowest BCUT2D eigenvalue weighted by atomic mass is 10.1. The predicted octanol–water partition coefficient (Wildman–Crippen LogP) is 3.52. The summed E-state index contributed by atoms with van der Waals surface area (Å²) in [6, 6.07) is 8.76. The van der Waals surface area contributed by atoms with Gasteiger partial charge in [-0.15, -0.1) is 21.5 Å². The number of hydrogen-bond donors (Lipinski definition) is 1. The van der Waals surface area contributed by atoms with E-state index in [4.69, 9.17) is 4.42 Å². The van der Waals surface area contributed by atoms with Gasteiger partial charge in [-0.25, -0.2) is 8.42 Å². The van der Waals surface area contributed by atoms with Gasteiger partial charge in [0.05, 0.1) is 4.88 Å². The minimum absolute atomic E-state index is 0.197. The van der Waals surface area contributed by atoms with E-state index in [2.05, 4.69) is 14.9 Å². The average Bonchev–Trinajstić information content (AvgIpc) is 3.05. The zero-order valence-electron chi connectivity index (χ0n) is 12.8. The number of rotatable bonds is 4. The number of aromatic nitrogens is 2. The first kappa shape index (κ1) is 15.7. The highest BCUT2D eigenvalue weighted by Crippen LogP contribution is 2.31. The van der Waals surface area contributed by atoms with E-state index in [0.29, 0.717) is 22.3 Å². The number of sulfonamides is 1. The molecule has 6 nitrogen and oxygen atoms in total. The van der Waals surface area contributed by atoms with E-state index in [9.17, 15) is 8.42 Å². The normalized spacial score (nSPS) is 11.6. The van der Waals surface area contributed by atoms with Gasteiger partial charge in [-0.1, -0.05) is 6.07 Å². The Balaban J connectivity index is 1.89. The number of thiophene rings is 1. The van der Waals surface area contributed by atoms with Crippen molar-refractivity contribution < 1.29 is 12.8 Å². The van der Waals surface area contributed by atoms with Crippen LogP contribution in [0.15, 0.2) is 39.0 Å². The molecule has 0 radical (unpaired) electrons. The first-order valence-electron chi connectivity index (χ1n) is 6.85. The molecule has 2 aromatic heterocycles. The molecule has 0 aliphatic rings. The fourth-order valence-corrected chi connectivity index (χ4v) is 4.48. The second-order valence-corrected chi connectivity index (χ2v) is 8.22. The summed E-state index contributed by atoms with van der Waals surface area (Å²) in [5.74, 6) is 0.756. The van der Waals surface area contributed by atoms with Crippen molar-refractivity contribution in [1.82, 2.24) is 10.2 Å². The van der Waals surface area contributed by atoms with Crippen LogP contribution >= 0.6 is 11.3 Å². The Morgan fingerprint density at radius 3 is 2.35 bits per heavy atom. The largest absolute Gasteiger partial charge is 0.420 e. The second kappa shape index (κ2) is 5.78. The molecule has 3 aromatic rings. The van der Waals surface area contributed by atoms with Gasteiger partial charge in [0.15, 0.2) is 0 Å². The lowest BCUT2D eigenvalue weighted by Gasteiger charge is -2.08. The number of anilines is 1. The summed E-state index contributed by atoms with van der Waals surface area (Å²) in [5.41, 5.74) is 2.54. The van der Waals surface area contributed by atoms with Gasteiger partial charge in [-0.2, -0.15) is 0 Å². The van der Waals surface area contributed by atoms with Gasteiger partial charge in [-0.05, 0) is 49.2 Å². The maximum atomic E-state index is 12.5.